The first-order chi connectivity index (χ1) is 12.6. The molecule has 1 aliphatic rings. The van der Waals surface area contributed by atoms with Crippen molar-refractivity contribution in [3.05, 3.63) is 65.4 Å². The molecule has 1 N–H and O–H groups in total. The van der Waals surface area contributed by atoms with Gasteiger partial charge in [-0.25, -0.2) is 0 Å². The molecule has 1 aliphatic heterocycles. The number of hydrogen-bond donors (Lipinski definition) is 1. The van der Waals surface area contributed by atoms with Crippen LogP contribution >= 0.6 is 0 Å². The highest BCUT2D eigenvalue weighted by molar-refractivity contribution is 5.95. The summed E-state index contributed by atoms with van der Waals surface area (Å²) in [5.41, 5.74) is 3.28. The van der Waals surface area contributed by atoms with E-state index in [0.29, 0.717) is 12.1 Å². The van der Waals surface area contributed by atoms with E-state index in [0.717, 1.165) is 41.4 Å². The van der Waals surface area contributed by atoms with Crippen molar-refractivity contribution in [2.24, 2.45) is 0 Å². The molecule has 3 heterocycles. The Morgan fingerprint density at radius 2 is 1.92 bits per heavy atom. The van der Waals surface area contributed by atoms with Crippen molar-refractivity contribution < 1.29 is 4.79 Å². The molecule has 1 amide bonds. The fourth-order valence-electron chi connectivity index (χ4n) is 3.41. The van der Waals surface area contributed by atoms with Crippen LogP contribution in [-0.2, 0) is 13.0 Å². The maximum atomic E-state index is 12.7. The first-order valence-electron chi connectivity index (χ1n) is 8.84. The van der Waals surface area contributed by atoms with Crippen LogP contribution in [0.25, 0.3) is 11.3 Å². The van der Waals surface area contributed by atoms with E-state index in [-0.39, 0.29) is 11.9 Å². The zero-order valence-electron chi connectivity index (χ0n) is 14.9. The maximum absolute atomic E-state index is 12.7. The standard InChI is InChI=1S/C20H21N5O/c1-13-17(9-10-18(21-13)15-6-4-3-5-7-15)20(26)22-16-8-11-19-24-23-14(2)25(19)12-16/h3-7,9-10,16H,8,11-12H2,1-2H3,(H,22,26). The van der Waals surface area contributed by atoms with E-state index in [1.807, 2.05) is 56.3 Å². The van der Waals surface area contributed by atoms with E-state index >= 15 is 0 Å². The third-order valence-electron chi connectivity index (χ3n) is 4.87. The minimum atomic E-state index is -0.0752. The first-order valence-corrected chi connectivity index (χ1v) is 8.84. The van der Waals surface area contributed by atoms with Gasteiger partial charge in [-0.2, -0.15) is 0 Å². The number of carbonyl (C=O) groups is 1. The number of pyridine rings is 1. The van der Waals surface area contributed by atoms with Gasteiger partial charge in [0, 0.05) is 24.6 Å². The molecule has 132 valence electrons. The molecule has 26 heavy (non-hydrogen) atoms. The molecule has 0 bridgehead atoms. The Hall–Kier alpha value is -3.02. The number of rotatable bonds is 3. The van der Waals surface area contributed by atoms with Crippen molar-refractivity contribution in [2.45, 2.75) is 39.3 Å². The molecule has 0 spiro atoms. The molecular formula is C20H21N5O. The van der Waals surface area contributed by atoms with Gasteiger partial charge in [-0.15, -0.1) is 10.2 Å². The Kier molecular flexibility index (Phi) is 4.24. The van der Waals surface area contributed by atoms with Gasteiger partial charge in [0.2, 0.25) is 0 Å². The number of hydrogen-bond acceptors (Lipinski definition) is 4. The van der Waals surface area contributed by atoms with Gasteiger partial charge in [0.15, 0.2) is 0 Å². The molecule has 2 aromatic heterocycles. The van der Waals surface area contributed by atoms with Gasteiger partial charge in [-0.1, -0.05) is 30.3 Å². The van der Waals surface area contributed by atoms with Crippen LogP contribution in [0.3, 0.4) is 0 Å². The summed E-state index contributed by atoms with van der Waals surface area (Å²) in [5, 5.41) is 11.4. The summed E-state index contributed by atoms with van der Waals surface area (Å²) in [4.78, 5) is 17.3. The van der Waals surface area contributed by atoms with Crippen LogP contribution < -0.4 is 5.32 Å². The largest absolute Gasteiger partial charge is 0.347 e. The van der Waals surface area contributed by atoms with E-state index in [4.69, 9.17) is 0 Å². The Labute approximate surface area is 152 Å². The van der Waals surface area contributed by atoms with Crippen molar-refractivity contribution in [3.8, 4) is 11.3 Å². The van der Waals surface area contributed by atoms with Crippen LogP contribution in [0.4, 0.5) is 0 Å². The number of benzene rings is 1. The molecule has 3 aromatic rings. The number of fused-ring (bicyclic) bond motifs is 1. The summed E-state index contributed by atoms with van der Waals surface area (Å²) in [6.45, 7) is 4.54. The minimum absolute atomic E-state index is 0.0752. The lowest BCUT2D eigenvalue weighted by Gasteiger charge is -2.25. The number of nitrogens with one attached hydrogen (secondary N) is 1. The number of carbonyl (C=O) groups excluding carboxylic acids is 1. The average Bonchev–Trinajstić information content (AvgIpc) is 3.03. The van der Waals surface area contributed by atoms with Crippen LogP contribution in [0.5, 0.6) is 0 Å². The highest BCUT2D eigenvalue weighted by Crippen LogP contribution is 2.19. The second-order valence-electron chi connectivity index (χ2n) is 6.68. The predicted octanol–water partition coefficient (Wildman–Crippen LogP) is 2.70. The van der Waals surface area contributed by atoms with E-state index in [9.17, 15) is 4.79 Å². The van der Waals surface area contributed by atoms with Crippen molar-refractivity contribution in [1.82, 2.24) is 25.1 Å². The molecule has 0 saturated carbocycles. The Morgan fingerprint density at radius 3 is 2.69 bits per heavy atom. The number of aromatic nitrogens is 4. The number of nitrogens with zero attached hydrogens (tertiary/aromatic N) is 4. The fraction of sp³-hybridized carbons (Fsp3) is 0.300. The lowest BCUT2D eigenvalue weighted by molar-refractivity contribution is 0.0926. The summed E-state index contributed by atoms with van der Waals surface area (Å²) < 4.78 is 2.08. The second-order valence-corrected chi connectivity index (χ2v) is 6.68. The van der Waals surface area contributed by atoms with Crippen LogP contribution in [0, 0.1) is 13.8 Å². The Bertz CT molecular complexity index is 948. The smallest absolute Gasteiger partial charge is 0.253 e. The van der Waals surface area contributed by atoms with Crippen molar-refractivity contribution in [2.75, 3.05) is 0 Å². The molecular weight excluding hydrogens is 326 g/mol. The predicted molar refractivity (Wildman–Crippen MR) is 98.7 cm³/mol. The van der Waals surface area contributed by atoms with Crippen LogP contribution in [0.2, 0.25) is 0 Å². The van der Waals surface area contributed by atoms with Crippen molar-refractivity contribution in [3.63, 3.8) is 0 Å². The Balaban J connectivity index is 1.49. The summed E-state index contributed by atoms with van der Waals surface area (Å²) in [5.74, 6) is 1.82. The summed E-state index contributed by atoms with van der Waals surface area (Å²) >= 11 is 0. The van der Waals surface area contributed by atoms with Gasteiger partial charge in [-0.3, -0.25) is 9.78 Å². The van der Waals surface area contributed by atoms with Gasteiger partial charge in [-0.05, 0) is 32.4 Å². The summed E-state index contributed by atoms with van der Waals surface area (Å²) in [6, 6.07) is 13.8. The first kappa shape index (κ1) is 16.4. The summed E-state index contributed by atoms with van der Waals surface area (Å²) in [7, 11) is 0. The van der Waals surface area contributed by atoms with Gasteiger partial charge < -0.3 is 9.88 Å². The van der Waals surface area contributed by atoms with Gasteiger partial charge in [0.05, 0.1) is 17.0 Å². The second kappa shape index (κ2) is 6.71. The molecule has 6 nitrogen and oxygen atoms in total. The highest BCUT2D eigenvalue weighted by atomic mass is 16.1. The molecule has 0 fully saturated rings. The lowest BCUT2D eigenvalue weighted by atomic mass is 10.1. The molecule has 0 radical (unpaired) electrons. The minimum Gasteiger partial charge on any atom is -0.347 e. The van der Waals surface area contributed by atoms with Gasteiger partial charge in [0.1, 0.15) is 11.6 Å². The third-order valence-corrected chi connectivity index (χ3v) is 4.87. The van der Waals surface area contributed by atoms with Crippen molar-refractivity contribution >= 4 is 5.91 Å². The van der Waals surface area contributed by atoms with Crippen molar-refractivity contribution in [1.29, 1.82) is 0 Å². The average molecular weight is 347 g/mol. The SMILES string of the molecule is Cc1nc(-c2ccccc2)ccc1C(=O)NC1CCc2nnc(C)n2C1. The monoisotopic (exact) mass is 347 g/mol. The van der Waals surface area contributed by atoms with Crippen LogP contribution in [0.15, 0.2) is 42.5 Å². The third kappa shape index (κ3) is 3.10. The molecule has 1 atom stereocenters. The van der Waals surface area contributed by atoms with Gasteiger partial charge >= 0.3 is 0 Å². The quantitative estimate of drug-likeness (QED) is 0.791. The zero-order valence-corrected chi connectivity index (χ0v) is 14.9. The molecule has 6 heteroatoms. The van der Waals surface area contributed by atoms with E-state index in [1.165, 1.54) is 0 Å². The van der Waals surface area contributed by atoms with Crippen LogP contribution in [0.1, 0.15) is 34.1 Å². The summed E-state index contributed by atoms with van der Waals surface area (Å²) in [6.07, 6.45) is 1.70. The molecule has 0 saturated heterocycles. The van der Waals surface area contributed by atoms with E-state index < -0.39 is 0 Å². The molecule has 1 aromatic carbocycles. The van der Waals surface area contributed by atoms with E-state index in [1.54, 1.807) is 0 Å². The number of amides is 1. The lowest BCUT2D eigenvalue weighted by Crippen LogP contribution is -2.41. The van der Waals surface area contributed by atoms with Gasteiger partial charge in [0.25, 0.3) is 5.91 Å². The zero-order chi connectivity index (χ0) is 18.1. The molecule has 1 unspecified atom stereocenters. The topological polar surface area (TPSA) is 72.7 Å². The maximum Gasteiger partial charge on any atom is 0.253 e. The fourth-order valence-corrected chi connectivity index (χ4v) is 3.41. The molecule has 4 rings (SSSR count). The Morgan fingerprint density at radius 1 is 1.12 bits per heavy atom. The highest BCUT2D eigenvalue weighted by Gasteiger charge is 2.23. The van der Waals surface area contributed by atoms with E-state index in [2.05, 4.69) is 25.1 Å². The molecule has 0 aliphatic carbocycles. The normalized spacial score (nSPS) is 16.2. The van der Waals surface area contributed by atoms with Crippen LogP contribution in [-0.4, -0.2) is 31.7 Å². The number of aryl methyl sites for hydroxylation is 3.